The molecular formula is C7H17NO2S. The zero-order valence-corrected chi connectivity index (χ0v) is 8.32. The lowest BCUT2D eigenvalue weighted by atomic mass is 10.4. The van der Waals surface area contributed by atoms with E-state index >= 15 is 0 Å². The first kappa shape index (κ1) is 10.9. The van der Waals surface area contributed by atoms with Gasteiger partial charge in [-0.2, -0.15) is 0 Å². The number of rotatable bonds is 0. The molecule has 0 spiro atoms. The highest BCUT2D eigenvalue weighted by atomic mass is 32.2. The summed E-state index contributed by atoms with van der Waals surface area (Å²) in [5.74, 6) is 0.847. The standard InChI is InChI=1S/C4H8O2S.C3H9N/c5-7(6)3-1-2-4-7;1-4(2)3/h1-4H2;1-3H3. The fraction of sp³-hybridized carbons (Fsp3) is 1.00. The van der Waals surface area contributed by atoms with Gasteiger partial charge in [0.15, 0.2) is 0 Å². The molecule has 0 amide bonds. The van der Waals surface area contributed by atoms with Crippen molar-refractivity contribution in [2.24, 2.45) is 0 Å². The van der Waals surface area contributed by atoms with Gasteiger partial charge in [-0.3, -0.25) is 0 Å². The normalized spacial score (nSPS) is 21.1. The molecule has 0 saturated carbocycles. The van der Waals surface area contributed by atoms with Crippen LogP contribution in [0.5, 0.6) is 0 Å². The minimum absolute atomic E-state index is 0.424. The highest BCUT2D eigenvalue weighted by Gasteiger charge is 2.16. The molecule has 1 aliphatic rings. The van der Waals surface area contributed by atoms with Crippen LogP contribution < -0.4 is 0 Å². The molecule has 0 N–H and O–H groups in total. The number of nitrogens with zero attached hydrogens (tertiary/aromatic N) is 1. The first-order valence-electron chi connectivity index (χ1n) is 3.75. The molecule has 68 valence electrons. The predicted octanol–water partition coefficient (Wildman–Crippen LogP) is 0.373. The smallest absolute Gasteiger partial charge is 0.150 e. The highest BCUT2D eigenvalue weighted by molar-refractivity contribution is 7.91. The molecule has 0 bridgehead atoms. The first-order valence-corrected chi connectivity index (χ1v) is 5.57. The maximum Gasteiger partial charge on any atom is 0.150 e. The fourth-order valence-electron chi connectivity index (χ4n) is 0.746. The van der Waals surface area contributed by atoms with Crippen LogP contribution in [-0.4, -0.2) is 46.0 Å². The van der Waals surface area contributed by atoms with E-state index in [4.69, 9.17) is 0 Å². The van der Waals surface area contributed by atoms with Crippen LogP contribution in [0.3, 0.4) is 0 Å². The summed E-state index contributed by atoms with van der Waals surface area (Å²) < 4.78 is 20.9. The van der Waals surface area contributed by atoms with E-state index in [9.17, 15) is 8.42 Å². The summed E-state index contributed by atoms with van der Waals surface area (Å²) in [5, 5.41) is 0. The van der Waals surface area contributed by atoms with Crippen LogP contribution >= 0.6 is 0 Å². The van der Waals surface area contributed by atoms with E-state index in [0.29, 0.717) is 11.5 Å². The minimum Gasteiger partial charge on any atom is -0.312 e. The van der Waals surface area contributed by atoms with Gasteiger partial charge in [0.2, 0.25) is 0 Å². The van der Waals surface area contributed by atoms with Gasteiger partial charge < -0.3 is 4.90 Å². The molecular weight excluding hydrogens is 162 g/mol. The maximum absolute atomic E-state index is 10.4. The predicted molar refractivity (Wildman–Crippen MR) is 47.5 cm³/mol. The Morgan fingerprint density at radius 1 is 1.00 bits per heavy atom. The molecule has 0 radical (unpaired) electrons. The summed E-state index contributed by atoms with van der Waals surface area (Å²) in [6, 6.07) is 0. The van der Waals surface area contributed by atoms with E-state index in [-0.39, 0.29) is 0 Å². The quantitative estimate of drug-likeness (QED) is 0.539. The van der Waals surface area contributed by atoms with Gasteiger partial charge >= 0.3 is 0 Å². The van der Waals surface area contributed by atoms with Crippen molar-refractivity contribution in [3.63, 3.8) is 0 Å². The number of hydrogen-bond donors (Lipinski definition) is 0. The van der Waals surface area contributed by atoms with Crippen molar-refractivity contribution < 1.29 is 8.42 Å². The molecule has 0 aliphatic carbocycles. The minimum atomic E-state index is -2.55. The Morgan fingerprint density at radius 2 is 1.27 bits per heavy atom. The monoisotopic (exact) mass is 179 g/mol. The van der Waals surface area contributed by atoms with Crippen LogP contribution in [0.4, 0.5) is 0 Å². The first-order chi connectivity index (χ1) is 4.94. The summed E-state index contributed by atoms with van der Waals surface area (Å²) in [6.45, 7) is 0. The Labute approximate surface area is 69.3 Å². The van der Waals surface area contributed by atoms with Gasteiger partial charge in [-0.05, 0) is 34.0 Å². The van der Waals surface area contributed by atoms with E-state index in [1.54, 1.807) is 0 Å². The van der Waals surface area contributed by atoms with E-state index in [0.717, 1.165) is 12.8 Å². The third-order valence-corrected chi connectivity index (χ3v) is 2.98. The van der Waals surface area contributed by atoms with Crippen molar-refractivity contribution in [3.8, 4) is 0 Å². The van der Waals surface area contributed by atoms with Gasteiger partial charge in [-0.15, -0.1) is 0 Å². The van der Waals surface area contributed by atoms with Crippen molar-refractivity contribution in [1.29, 1.82) is 0 Å². The summed E-state index contributed by atoms with van der Waals surface area (Å²) in [5.41, 5.74) is 0. The molecule has 0 aromatic heterocycles. The topological polar surface area (TPSA) is 37.4 Å². The van der Waals surface area contributed by atoms with Crippen LogP contribution in [-0.2, 0) is 9.84 Å². The largest absolute Gasteiger partial charge is 0.312 e. The molecule has 1 heterocycles. The van der Waals surface area contributed by atoms with Crippen molar-refractivity contribution in [2.45, 2.75) is 12.8 Å². The molecule has 1 fully saturated rings. The van der Waals surface area contributed by atoms with Gasteiger partial charge in [0.25, 0.3) is 0 Å². The lowest BCUT2D eigenvalue weighted by molar-refractivity contribution is 0.505. The molecule has 3 nitrogen and oxygen atoms in total. The lowest BCUT2D eigenvalue weighted by Gasteiger charge is -1.90. The van der Waals surface area contributed by atoms with Crippen molar-refractivity contribution in [2.75, 3.05) is 32.6 Å². The molecule has 1 saturated heterocycles. The van der Waals surface area contributed by atoms with Gasteiger partial charge in [0, 0.05) is 0 Å². The Balaban J connectivity index is 0.000000218. The maximum atomic E-state index is 10.4. The van der Waals surface area contributed by atoms with Crippen LogP contribution in [0.1, 0.15) is 12.8 Å². The van der Waals surface area contributed by atoms with E-state index in [1.807, 2.05) is 26.0 Å². The molecule has 0 aromatic rings. The number of hydrogen-bond acceptors (Lipinski definition) is 3. The Kier molecular flexibility index (Phi) is 4.68. The Morgan fingerprint density at radius 3 is 1.36 bits per heavy atom. The van der Waals surface area contributed by atoms with E-state index in [1.165, 1.54) is 0 Å². The summed E-state index contributed by atoms with van der Waals surface area (Å²) >= 11 is 0. The van der Waals surface area contributed by atoms with Gasteiger partial charge in [0.05, 0.1) is 11.5 Å². The van der Waals surface area contributed by atoms with E-state index in [2.05, 4.69) is 0 Å². The zero-order chi connectivity index (χ0) is 8.91. The van der Waals surface area contributed by atoms with Crippen molar-refractivity contribution in [1.82, 2.24) is 4.90 Å². The van der Waals surface area contributed by atoms with Crippen LogP contribution in [0.2, 0.25) is 0 Å². The van der Waals surface area contributed by atoms with Gasteiger partial charge in [-0.25, -0.2) is 8.42 Å². The van der Waals surface area contributed by atoms with Crippen molar-refractivity contribution in [3.05, 3.63) is 0 Å². The summed E-state index contributed by atoms with van der Waals surface area (Å²) in [6.07, 6.45) is 1.75. The average molecular weight is 179 g/mol. The average Bonchev–Trinajstić information content (AvgIpc) is 2.11. The van der Waals surface area contributed by atoms with Crippen molar-refractivity contribution >= 4 is 9.84 Å². The second-order valence-electron chi connectivity index (χ2n) is 3.20. The lowest BCUT2D eigenvalue weighted by Crippen LogP contribution is -1.99. The highest BCUT2D eigenvalue weighted by Crippen LogP contribution is 2.08. The molecule has 0 atom stereocenters. The van der Waals surface area contributed by atoms with Crippen LogP contribution in [0.15, 0.2) is 0 Å². The molecule has 0 aromatic carbocycles. The van der Waals surface area contributed by atoms with Gasteiger partial charge in [0.1, 0.15) is 9.84 Å². The second kappa shape index (κ2) is 4.72. The fourth-order valence-corrected chi connectivity index (χ4v) is 2.24. The SMILES string of the molecule is CN(C)C.O=S1(=O)CCCC1. The summed E-state index contributed by atoms with van der Waals surface area (Å²) in [4.78, 5) is 2.00. The molecule has 1 aliphatic heterocycles. The van der Waals surface area contributed by atoms with Gasteiger partial charge in [-0.1, -0.05) is 0 Å². The third kappa shape index (κ3) is 7.81. The van der Waals surface area contributed by atoms with Crippen LogP contribution in [0, 0.1) is 0 Å². The molecule has 11 heavy (non-hydrogen) atoms. The zero-order valence-electron chi connectivity index (χ0n) is 7.50. The molecule has 4 heteroatoms. The third-order valence-electron chi connectivity index (χ3n) is 1.16. The second-order valence-corrected chi connectivity index (χ2v) is 5.50. The number of sulfone groups is 1. The molecule has 0 unspecified atom stereocenters. The van der Waals surface area contributed by atoms with Crippen LogP contribution in [0.25, 0.3) is 0 Å². The Hall–Kier alpha value is -0.0900. The molecule has 1 rings (SSSR count). The summed E-state index contributed by atoms with van der Waals surface area (Å²) in [7, 11) is 3.45. The Bertz CT molecular complexity index is 170. The van der Waals surface area contributed by atoms with E-state index < -0.39 is 9.84 Å².